The van der Waals surface area contributed by atoms with Gasteiger partial charge in [-0.1, -0.05) is 18.2 Å². The first kappa shape index (κ1) is 21.8. The first-order valence-corrected chi connectivity index (χ1v) is 11.3. The Kier molecular flexibility index (Phi) is 5.80. The van der Waals surface area contributed by atoms with E-state index in [4.69, 9.17) is 9.47 Å². The number of benzene rings is 3. The molecule has 0 saturated heterocycles. The van der Waals surface area contributed by atoms with Gasteiger partial charge in [0.05, 0.1) is 19.9 Å². The topological polar surface area (TPSA) is 56.6 Å². The molecular weight excluding hydrogens is 426 g/mol. The van der Waals surface area contributed by atoms with Crippen molar-refractivity contribution in [3.05, 3.63) is 106 Å². The van der Waals surface area contributed by atoms with Gasteiger partial charge in [0.2, 0.25) is 0 Å². The fourth-order valence-electron chi connectivity index (χ4n) is 4.50. The van der Waals surface area contributed by atoms with Gasteiger partial charge in [-0.3, -0.25) is 4.79 Å². The van der Waals surface area contributed by atoms with Gasteiger partial charge in [0.15, 0.2) is 0 Å². The third-order valence-electron chi connectivity index (χ3n) is 6.40. The second kappa shape index (κ2) is 9.06. The van der Waals surface area contributed by atoms with E-state index in [2.05, 4.69) is 48.4 Å². The maximum Gasteiger partial charge on any atom is 0.254 e. The van der Waals surface area contributed by atoms with E-state index in [0.29, 0.717) is 13.1 Å². The molecule has 34 heavy (non-hydrogen) atoms. The van der Waals surface area contributed by atoms with Crippen LogP contribution in [0.3, 0.4) is 0 Å². The fraction of sp³-hybridized carbons (Fsp3) is 0.214. The van der Waals surface area contributed by atoms with E-state index >= 15 is 0 Å². The number of hydrogen-bond donors (Lipinski definition) is 0. The van der Waals surface area contributed by atoms with Gasteiger partial charge in [-0.25, -0.2) is 4.68 Å². The molecule has 0 spiro atoms. The van der Waals surface area contributed by atoms with Gasteiger partial charge in [-0.2, -0.15) is 5.10 Å². The zero-order valence-electron chi connectivity index (χ0n) is 19.6. The van der Waals surface area contributed by atoms with Crippen molar-refractivity contribution in [3.63, 3.8) is 0 Å². The predicted octanol–water partition coefficient (Wildman–Crippen LogP) is 4.94. The number of hydrogen-bond acceptors (Lipinski definition) is 4. The summed E-state index contributed by atoms with van der Waals surface area (Å²) in [5, 5.41) is 4.28. The van der Waals surface area contributed by atoms with Crippen LogP contribution in [0.4, 0.5) is 0 Å². The molecule has 1 aromatic heterocycles. The minimum Gasteiger partial charge on any atom is -0.497 e. The largest absolute Gasteiger partial charge is 0.497 e. The number of rotatable bonds is 7. The van der Waals surface area contributed by atoms with Gasteiger partial charge in [0.1, 0.15) is 11.5 Å². The van der Waals surface area contributed by atoms with E-state index < -0.39 is 0 Å². The minimum atomic E-state index is 0.0585. The summed E-state index contributed by atoms with van der Waals surface area (Å²) >= 11 is 0. The lowest BCUT2D eigenvalue weighted by Crippen LogP contribution is -2.23. The van der Waals surface area contributed by atoms with E-state index in [1.54, 1.807) is 20.4 Å². The van der Waals surface area contributed by atoms with E-state index in [1.807, 2.05) is 40.0 Å². The summed E-state index contributed by atoms with van der Waals surface area (Å²) in [6, 6.07) is 20.2. The normalized spacial score (nSPS) is 12.7. The van der Waals surface area contributed by atoms with Gasteiger partial charge in [0, 0.05) is 42.7 Å². The van der Waals surface area contributed by atoms with Crippen LogP contribution in [0.25, 0.3) is 5.69 Å². The number of carbonyl (C=O) groups is 1. The van der Waals surface area contributed by atoms with Crippen LogP contribution in [0.1, 0.15) is 38.2 Å². The van der Waals surface area contributed by atoms with Crippen molar-refractivity contribution in [2.75, 3.05) is 14.2 Å². The summed E-state index contributed by atoms with van der Waals surface area (Å²) in [4.78, 5) is 15.1. The van der Waals surface area contributed by atoms with Crippen LogP contribution in [-0.4, -0.2) is 34.8 Å². The smallest absolute Gasteiger partial charge is 0.254 e. The zero-order valence-corrected chi connectivity index (χ0v) is 19.6. The lowest BCUT2D eigenvalue weighted by molar-refractivity contribution is 0.0765. The Labute approximate surface area is 199 Å². The second-order valence-electron chi connectivity index (χ2n) is 8.57. The maximum absolute atomic E-state index is 13.3. The summed E-state index contributed by atoms with van der Waals surface area (Å²) in [5.74, 6) is 1.51. The highest BCUT2D eigenvalue weighted by atomic mass is 16.5. The molecule has 3 aromatic carbocycles. The number of aryl methyl sites for hydroxylation is 1. The SMILES string of the molecule is COc1ccc(CN2Cc3cc(C)c(Cc4ccc(-n5cccn5)cc4)cc3C2=O)c(OC)c1. The third kappa shape index (κ3) is 4.15. The molecule has 0 unspecified atom stereocenters. The molecule has 0 bridgehead atoms. The summed E-state index contributed by atoms with van der Waals surface area (Å²) in [6.45, 7) is 3.21. The molecule has 5 rings (SSSR count). The Balaban J connectivity index is 1.34. The number of nitrogens with zero attached hydrogens (tertiary/aromatic N) is 3. The highest BCUT2D eigenvalue weighted by Crippen LogP contribution is 2.31. The summed E-state index contributed by atoms with van der Waals surface area (Å²) in [6.07, 6.45) is 4.48. The van der Waals surface area contributed by atoms with Crippen molar-refractivity contribution in [2.24, 2.45) is 0 Å². The fourth-order valence-corrected chi connectivity index (χ4v) is 4.50. The zero-order chi connectivity index (χ0) is 23.7. The van der Waals surface area contributed by atoms with Crippen LogP contribution in [0.2, 0.25) is 0 Å². The Morgan fingerprint density at radius 2 is 1.79 bits per heavy atom. The Hall–Kier alpha value is -4.06. The Morgan fingerprint density at radius 1 is 0.971 bits per heavy atom. The molecular formula is C28H27N3O3. The van der Waals surface area contributed by atoms with Gasteiger partial charge in [-0.05, 0) is 72.0 Å². The van der Waals surface area contributed by atoms with Gasteiger partial charge < -0.3 is 14.4 Å². The van der Waals surface area contributed by atoms with Crippen molar-refractivity contribution >= 4 is 5.91 Å². The highest BCUT2D eigenvalue weighted by Gasteiger charge is 2.29. The molecule has 2 heterocycles. The summed E-state index contributed by atoms with van der Waals surface area (Å²) in [5.41, 5.74) is 7.42. The van der Waals surface area contributed by atoms with E-state index in [0.717, 1.165) is 40.3 Å². The molecule has 0 aliphatic carbocycles. The van der Waals surface area contributed by atoms with Crippen LogP contribution in [0.15, 0.2) is 73.1 Å². The minimum absolute atomic E-state index is 0.0585. The van der Waals surface area contributed by atoms with Crippen molar-refractivity contribution in [3.8, 4) is 17.2 Å². The Morgan fingerprint density at radius 3 is 2.50 bits per heavy atom. The molecule has 1 aliphatic heterocycles. The van der Waals surface area contributed by atoms with Crippen molar-refractivity contribution in [1.29, 1.82) is 0 Å². The van der Waals surface area contributed by atoms with E-state index in [9.17, 15) is 4.79 Å². The summed E-state index contributed by atoms with van der Waals surface area (Å²) < 4.78 is 12.7. The number of fused-ring (bicyclic) bond motifs is 1. The standard InChI is InChI=1S/C28H27N3O3/c1-19-13-23-18-30(17-21-7-10-25(33-2)16-27(21)34-3)28(32)26(23)15-22(19)14-20-5-8-24(9-6-20)31-12-4-11-29-31/h4-13,15-16H,14,17-18H2,1-3H3. The lowest BCUT2D eigenvalue weighted by atomic mass is 9.95. The molecule has 1 aliphatic rings. The van der Waals surface area contributed by atoms with Gasteiger partial charge in [-0.15, -0.1) is 0 Å². The first-order valence-electron chi connectivity index (χ1n) is 11.3. The average molecular weight is 454 g/mol. The average Bonchev–Trinajstić information content (AvgIpc) is 3.49. The monoisotopic (exact) mass is 453 g/mol. The van der Waals surface area contributed by atoms with Crippen LogP contribution in [0, 0.1) is 6.92 Å². The number of aromatic nitrogens is 2. The molecule has 1 amide bonds. The molecule has 0 atom stereocenters. The number of methoxy groups -OCH3 is 2. The predicted molar refractivity (Wildman–Crippen MR) is 131 cm³/mol. The van der Waals surface area contributed by atoms with Crippen LogP contribution in [-0.2, 0) is 19.5 Å². The molecule has 0 N–H and O–H groups in total. The molecule has 6 nitrogen and oxygen atoms in total. The van der Waals surface area contributed by atoms with E-state index in [-0.39, 0.29) is 5.91 Å². The summed E-state index contributed by atoms with van der Waals surface area (Å²) in [7, 11) is 3.26. The molecule has 172 valence electrons. The van der Waals surface area contributed by atoms with Crippen LogP contribution >= 0.6 is 0 Å². The quantitative estimate of drug-likeness (QED) is 0.398. The molecule has 0 saturated carbocycles. The number of amides is 1. The Bertz CT molecular complexity index is 1330. The second-order valence-corrected chi connectivity index (χ2v) is 8.57. The van der Waals surface area contributed by atoms with Gasteiger partial charge in [0.25, 0.3) is 5.91 Å². The number of carbonyl (C=O) groups excluding carboxylic acids is 1. The molecule has 4 aromatic rings. The van der Waals surface area contributed by atoms with Crippen LogP contribution in [0.5, 0.6) is 11.5 Å². The molecule has 0 fully saturated rings. The molecule has 6 heteroatoms. The van der Waals surface area contributed by atoms with Gasteiger partial charge >= 0.3 is 0 Å². The first-order chi connectivity index (χ1) is 16.6. The number of ether oxygens (including phenoxy) is 2. The van der Waals surface area contributed by atoms with Crippen molar-refractivity contribution in [2.45, 2.75) is 26.4 Å². The van der Waals surface area contributed by atoms with Crippen molar-refractivity contribution < 1.29 is 14.3 Å². The lowest BCUT2D eigenvalue weighted by Gasteiger charge is -2.18. The van der Waals surface area contributed by atoms with Crippen LogP contribution < -0.4 is 9.47 Å². The highest BCUT2D eigenvalue weighted by molar-refractivity contribution is 5.98. The van der Waals surface area contributed by atoms with E-state index in [1.165, 1.54) is 16.7 Å². The van der Waals surface area contributed by atoms with Crippen molar-refractivity contribution in [1.82, 2.24) is 14.7 Å². The molecule has 0 radical (unpaired) electrons. The third-order valence-corrected chi connectivity index (χ3v) is 6.40. The maximum atomic E-state index is 13.3.